The number of hydrogen-bond donors (Lipinski definition) is 1. The monoisotopic (exact) mass is 363 g/mol. The lowest BCUT2D eigenvalue weighted by molar-refractivity contribution is 0.0940. The molecule has 1 amide bonds. The molecule has 1 atom stereocenters. The van der Waals surface area contributed by atoms with Crippen molar-refractivity contribution in [3.05, 3.63) is 69.7 Å². The minimum atomic E-state index is -0.0473. The molecule has 0 bridgehead atoms. The van der Waals surface area contributed by atoms with Gasteiger partial charge >= 0.3 is 0 Å². The topological polar surface area (TPSA) is 29.1 Å². The maximum absolute atomic E-state index is 12.3. The van der Waals surface area contributed by atoms with Crippen LogP contribution in [0.2, 0.25) is 0 Å². The van der Waals surface area contributed by atoms with Crippen LogP contribution in [0, 0.1) is 0 Å². The number of thioether (sulfide) groups is 1. The zero-order valence-corrected chi connectivity index (χ0v) is 14.5. The van der Waals surface area contributed by atoms with Crippen molar-refractivity contribution in [3.63, 3.8) is 0 Å². The molecule has 0 fully saturated rings. The standard InChI is InChI=1S/C17H18BrNOS/c1-12(15-5-3-4-6-16(15)18)19-17(20)14-9-7-13(8-10-14)11-21-2/h3-10,12H,11H2,1-2H3,(H,19,20)/t12-/m0/s1. The summed E-state index contributed by atoms with van der Waals surface area (Å²) in [6.07, 6.45) is 2.07. The molecule has 0 radical (unpaired) electrons. The van der Waals surface area contributed by atoms with Gasteiger partial charge in [-0.1, -0.05) is 46.3 Å². The van der Waals surface area contributed by atoms with Crippen molar-refractivity contribution in [3.8, 4) is 0 Å². The van der Waals surface area contributed by atoms with Crippen LogP contribution < -0.4 is 5.32 Å². The van der Waals surface area contributed by atoms with Crippen LogP contribution in [-0.4, -0.2) is 12.2 Å². The van der Waals surface area contributed by atoms with E-state index in [2.05, 4.69) is 27.5 Å². The Balaban J connectivity index is 2.05. The highest BCUT2D eigenvalue weighted by atomic mass is 79.9. The molecule has 1 N–H and O–H groups in total. The van der Waals surface area contributed by atoms with Gasteiger partial charge in [-0.05, 0) is 42.5 Å². The largest absolute Gasteiger partial charge is 0.345 e. The zero-order chi connectivity index (χ0) is 15.2. The van der Waals surface area contributed by atoms with Crippen LogP contribution in [0.5, 0.6) is 0 Å². The summed E-state index contributed by atoms with van der Waals surface area (Å²) in [7, 11) is 0. The molecule has 0 heterocycles. The third-order valence-electron chi connectivity index (χ3n) is 3.25. The number of halogens is 1. The molecule has 2 nitrogen and oxygen atoms in total. The van der Waals surface area contributed by atoms with E-state index in [-0.39, 0.29) is 11.9 Å². The van der Waals surface area contributed by atoms with Crippen LogP contribution in [-0.2, 0) is 5.75 Å². The Labute approximate surface area is 138 Å². The summed E-state index contributed by atoms with van der Waals surface area (Å²) in [5, 5.41) is 3.03. The van der Waals surface area contributed by atoms with E-state index in [1.54, 1.807) is 11.8 Å². The first-order chi connectivity index (χ1) is 10.1. The number of carbonyl (C=O) groups is 1. The van der Waals surface area contributed by atoms with E-state index in [4.69, 9.17) is 0 Å². The van der Waals surface area contributed by atoms with Crippen LogP contribution in [0.25, 0.3) is 0 Å². The minimum Gasteiger partial charge on any atom is -0.345 e. The lowest BCUT2D eigenvalue weighted by Crippen LogP contribution is -2.26. The molecule has 0 aliphatic heterocycles. The van der Waals surface area contributed by atoms with Gasteiger partial charge in [0.2, 0.25) is 0 Å². The number of carbonyl (C=O) groups excluding carboxylic acids is 1. The molecule has 21 heavy (non-hydrogen) atoms. The number of benzene rings is 2. The van der Waals surface area contributed by atoms with E-state index in [9.17, 15) is 4.79 Å². The summed E-state index contributed by atoms with van der Waals surface area (Å²) >= 11 is 5.29. The van der Waals surface area contributed by atoms with Crippen molar-refractivity contribution >= 4 is 33.6 Å². The predicted octanol–water partition coefficient (Wildman–Crippen LogP) is 4.80. The predicted molar refractivity (Wildman–Crippen MR) is 93.7 cm³/mol. The van der Waals surface area contributed by atoms with Gasteiger partial charge in [0, 0.05) is 15.8 Å². The molecule has 0 aliphatic carbocycles. The molecule has 4 heteroatoms. The summed E-state index contributed by atoms with van der Waals surface area (Å²) in [4.78, 5) is 12.3. The summed E-state index contributed by atoms with van der Waals surface area (Å²) in [6, 6.07) is 15.7. The second kappa shape index (κ2) is 7.66. The second-order valence-electron chi connectivity index (χ2n) is 4.85. The smallest absolute Gasteiger partial charge is 0.251 e. The van der Waals surface area contributed by atoms with Gasteiger partial charge in [-0.15, -0.1) is 0 Å². The minimum absolute atomic E-state index is 0.0426. The zero-order valence-electron chi connectivity index (χ0n) is 12.1. The first kappa shape index (κ1) is 16.1. The molecule has 2 aromatic rings. The molecule has 0 saturated carbocycles. The van der Waals surface area contributed by atoms with Gasteiger partial charge in [-0.3, -0.25) is 4.79 Å². The van der Waals surface area contributed by atoms with Crippen molar-refractivity contribution < 1.29 is 4.79 Å². The van der Waals surface area contributed by atoms with E-state index >= 15 is 0 Å². The van der Waals surface area contributed by atoms with E-state index in [0.717, 1.165) is 15.8 Å². The van der Waals surface area contributed by atoms with Crippen LogP contribution in [0.15, 0.2) is 53.0 Å². The first-order valence-electron chi connectivity index (χ1n) is 6.75. The maximum atomic E-state index is 12.3. The second-order valence-corrected chi connectivity index (χ2v) is 6.57. The summed E-state index contributed by atoms with van der Waals surface area (Å²) in [5.41, 5.74) is 3.00. The summed E-state index contributed by atoms with van der Waals surface area (Å²) in [5.74, 6) is 0.920. The van der Waals surface area contributed by atoms with Gasteiger partial charge in [0.05, 0.1) is 6.04 Å². The Kier molecular flexibility index (Phi) is 5.88. The van der Waals surface area contributed by atoms with Crippen LogP contribution in [0.4, 0.5) is 0 Å². The molecule has 2 aromatic carbocycles. The molecule has 0 aliphatic rings. The fourth-order valence-electron chi connectivity index (χ4n) is 2.10. The Morgan fingerprint density at radius 3 is 2.48 bits per heavy atom. The normalized spacial score (nSPS) is 12.0. The van der Waals surface area contributed by atoms with Gasteiger partial charge in [0.25, 0.3) is 5.91 Å². The van der Waals surface area contributed by atoms with Gasteiger partial charge in [-0.2, -0.15) is 11.8 Å². The molecule has 110 valence electrons. The molecule has 0 spiro atoms. The third-order valence-corrected chi connectivity index (χ3v) is 4.59. The number of amides is 1. The third kappa shape index (κ3) is 4.35. The molecule has 0 aromatic heterocycles. The van der Waals surface area contributed by atoms with Gasteiger partial charge in [0.1, 0.15) is 0 Å². The summed E-state index contributed by atoms with van der Waals surface area (Å²) in [6.45, 7) is 1.99. The molecule has 0 saturated heterocycles. The maximum Gasteiger partial charge on any atom is 0.251 e. The van der Waals surface area contributed by atoms with Crippen LogP contribution >= 0.6 is 27.7 Å². The van der Waals surface area contributed by atoms with Crippen molar-refractivity contribution in [2.75, 3.05) is 6.26 Å². The number of hydrogen-bond acceptors (Lipinski definition) is 2. The average molecular weight is 364 g/mol. The molecular formula is C17H18BrNOS. The van der Waals surface area contributed by atoms with Crippen molar-refractivity contribution in [1.82, 2.24) is 5.32 Å². The van der Waals surface area contributed by atoms with E-state index in [0.29, 0.717) is 5.56 Å². The number of nitrogens with one attached hydrogen (secondary N) is 1. The molecular weight excluding hydrogens is 346 g/mol. The lowest BCUT2D eigenvalue weighted by Gasteiger charge is -2.16. The molecule has 0 unspecified atom stereocenters. The SMILES string of the molecule is CSCc1ccc(C(=O)N[C@@H](C)c2ccccc2Br)cc1. The fraction of sp³-hybridized carbons (Fsp3) is 0.235. The quantitative estimate of drug-likeness (QED) is 0.826. The fourth-order valence-corrected chi connectivity index (χ4v) is 3.26. The Morgan fingerprint density at radius 1 is 1.19 bits per heavy atom. The lowest BCUT2D eigenvalue weighted by atomic mass is 10.1. The van der Waals surface area contributed by atoms with Gasteiger partial charge < -0.3 is 5.32 Å². The van der Waals surface area contributed by atoms with Gasteiger partial charge in [-0.25, -0.2) is 0 Å². The van der Waals surface area contributed by atoms with E-state index in [1.807, 2.05) is 55.5 Å². The van der Waals surface area contributed by atoms with Crippen LogP contribution in [0.3, 0.4) is 0 Å². The Bertz CT molecular complexity index is 612. The van der Waals surface area contributed by atoms with Crippen LogP contribution in [0.1, 0.15) is 34.5 Å². The molecule has 2 rings (SSSR count). The first-order valence-corrected chi connectivity index (χ1v) is 8.93. The van der Waals surface area contributed by atoms with Gasteiger partial charge in [0.15, 0.2) is 0 Å². The van der Waals surface area contributed by atoms with Crippen molar-refractivity contribution in [2.24, 2.45) is 0 Å². The highest BCUT2D eigenvalue weighted by molar-refractivity contribution is 9.10. The van der Waals surface area contributed by atoms with Crippen molar-refractivity contribution in [1.29, 1.82) is 0 Å². The highest BCUT2D eigenvalue weighted by Crippen LogP contribution is 2.23. The van der Waals surface area contributed by atoms with Crippen molar-refractivity contribution in [2.45, 2.75) is 18.7 Å². The average Bonchev–Trinajstić information content (AvgIpc) is 2.48. The Morgan fingerprint density at radius 2 is 1.86 bits per heavy atom. The summed E-state index contributed by atoms with van der Waals surface area (Å²) < 4.78 is 1.01. The highest BCUT2D eigenvalue weighted by Gasteiger charge is 2.13. The Hall–Kier alpha value is -1.26. The van der Waals surface area contributed by atoms with E-state index < -0.39 is 0 Å². The number of rotatable bonds is 5. The van der Waals surface area contributed by atoms with E-state index in [1.165, 1.54) is 5.56 Å².